The van der Waals surface area contributed by atoms with Crippen LogP contribution in [0.15, 0.2) is 29.5 Å². The van der Waals surface area contributed by atoms with Gasteiger partial charge in [0.05, 0.1) is 11.6 Å². The summed E-state index contributed by atoms with van der Waals surface area (Å²) in [5.41, 5.74) is 8.97. The molecule has 0 spiro atoms. The summed E-state index contributed by atoms with van der Waals surface area (Å²) in [4.78, 5) is 2.74. The van der Waals surface area contributed by atoms with Crippen molar-refractivity contribution < 1.29 is 4.39 Å². The van der Waals surface area contributed by atoms with Crippen LogP contribution in [0.3, 0.4) is 0 Å². The molecule has 0 saturated carbocycles. The number of aromatic nitrogens is 1. The third-order valence-corrected chi connectivity index (χ3v) is 2.89. The topological polar surface area (TPSA) is 53.7 Å². The van der Waals surface area contributed by atoms with Gasteiger partial charge in [-0.05, 0) is 23.7 Å². The summed E-state index contributed by atoms with van der Waals surface area (Å²) < 4.78 is 15.2. The monoisotopic (exact) mass is 252 g/mol. The summed E-state index contributed by atoms with van der Waals surface area (Å²) in [6.07, 6.45) is 1.80. The van der Waals surface area contributed by atoms with Gasteiger partial charge in [-0.2, -0.15) is 0 Å². The molecule has 0 aliphatic carbocycles. The van der Waals surface area contributed by atoms with Gasteiger partial charge in [0.15, 0.2) is 0 Å². The van der Waals surface area contributed by atoms with E-state index in [2.05, 4.69) is 10.0 Å². The van der Waals surface area contributed by atoms with Gasteiger partial charge in [-0.3, -0.25) is 0 Å². The Morgan fingerprint density at radius 2 is 2.29 bits per heavy atom. The lowest BCUT2D eigenvalue weighted by Crippen LogP contribution is -2.08. The van der Waals surface area contributed by atoms with E-state index in [1.54, 1.807) is 23.8 Å². The Hall–Kier alpha value is -1.71. The van der Waals surface area contributed by atoms with E-state index in [1.165, 1.54) is 6.07 Å². The largest absolute Gasteiger partial charge is 0.346 e. The number of azide groups is 1. The number of rotatable bonds is 3. The fraction of sp³-hybridized carbons (Fsp3) is 0.273. The zero-order chi connectivity index (χ0) is 12.4. The van der Waals surface area contributed by atoms with Crippen LogP contribution in [0, 0.1) is 5.82 Å². The second-order valence-corrected chi connectivity index (χ2v) is 4.20. The average molecular weight is 253 g/mol. The Kier molecular flexibility index (Phi) is 3.22. The summed E-state index contributed by atoms with van der Waals surface area (Å²) in [6, 6.07) is 4.65. The maximum absolute atomic E-state index is 13.4. The third-order valence-electron chi connectivity index (χ3n) is 2.53. The van der Waals surface area contributed by atoms with Crippen LogP contribution in [0.25, 0.3) is 21.3 Å². The van der Waals surface area contributed by atoms with Crippen molar-refractivity contribution in [2.45, 2.75) is 19.5 Å². The SMILES string of the molecule is CC(Cn1ccc2ccc(F)c(Cl)c21)N=[N+]=[N-]. The summed E-state index contributed by atoms with van der Waals surface area (Å²) in [5, 5.41) is 4.54. The Morgan fingerprint density at radius 1 is 1.53 bits per heavy atom. The molecule has 0 radical (unpaired) electrons. The van der Waals surface area contributed by atoms with Crippen LogP contribution in [-0.4, -0.2) is 10.6 Å². The quantitative estimate of drug-likeness (QED) is 0.448. The first-order chi connectivity index (χ1) is 8.13. The highest BCUT2D eigenvalue weighted by Gasteiger charge is 2.11. The average Bonchev–Trinajstić information content (AvgIpc) is 2.68. The maximum Gasteiger partial charge on any atom is 0.143 e. The van der Waals surface area contributed by atoms with Gasteiger partial charge in [0, 0.05) is 23.0 Å². The van der Waals surface area contributed by atoms with Crippen molar-refractivity contribution in [3.05, 3.63) is 45.7 Å². The number of nitrogens with zero attached hydrogens (tertiary/aromatic N) is 4. The van der Waals surface area contributed by atoms with Crippen molar-refractivity contribution in [1.29, 1.82) is 0 Å². The Balaban J connectivity index is 2.48. The first-order valence-corrected chi connectivity index (χ1v) is 5.48. The maximum atomic E-state index is 13.4. The van der Waals surface area contributed by atoms with Crippen LogP contribution >= 0.6 is 11.6 Å². The van der Waals surface area contributed by atoms with Gasteiger partial charge in [-0.15, -0.1) is 0 Å². The minimum atomic E-state index is -0.449. The highest BCUT2D eigenvalue weighted by atomic mass is 35.5. The van der Waals surface area contributed by atoms with Crippen LogP contribution in [0.1, 0.15) is 6.92 Å². The Morgan fingerprint density at radius 3 is 3.00 bits per heavy atom. The van der Waals surface area contributed by atoms with E-state index in [-0.39, 0.29) is 11.1 Å². The van der Waals surface area contributed by atoms with Crippen LogP contribution in [0.2, 0.25) is 5.02 Å². The first-order valence-electron chi connectivity index (χ1n) is 5.10. The Labute approximate surface area is 102 Å². The molecule has 17 heavy (non-hydrogen) atoms. The lowest BCUT2D eigenvalue weighted by molar-refractivity contribution is 0.598. The molecular formula is C11H10ClFN4. The predicted octanol–water partition coefficient (Wildman–Crippen LogP) is 4.13. The molecule has 2 rings (SSSR count). The smallest absolute Gasteiger partial charge is 0.143 e. The molecular weight excluding hydrogens is 243 g/mol. The number of hydrogen-bond donors (Lipinski definition) is 0. The second-order valence-electron chi connectivity index (χ2n) is 3.82. The van der Waals surface area contributed by atoms with Crippen molar-refractivity contribution in [2.75, 3.05) is 0 Å². The van der Waals surface area contributed by atoms with E-state index in [1.807, 2.05) is 6.07 Å². The molecule has 1 aromatic carbocycles. The highest BCUT2D eigenvalue weighted by Crippen LogP contribution is 2.27. The van der Waals surface area contributed by atoms with E-state index in [9.17, 15) is 4.39 Å². The van der Waals surface area contributed by atoms with Gasteiger partial charge < -0.3 is 4.57 Å². The molecule has 88 valence electrons. The second kappa shape index (κ2) is 4.65. The molecule has 6 heteroatoms. The fourth-order valence-electron chi connectivity index (χ4n) is 1.79. The summed E-state index contributed by atoms with van der Waals surface area (Å²) in [5.74, 6) is -0.449. The van der Waals surface area contributed by atoms with Gasteiger partial charge in [0.1, 0.15) is 10.8 Å². The summed E-state index contributed by atoms with van der Waals surface area (Å²) in [7, 11) is 0. The molecule has 0 amide bonds. The van der Waals surface area contributed by atoms with Crippen molar-refractivity contribution in [1.82, 2.24) is 4.57 Å². The van der Waals surface area contributed by atoms with Gasteiger partial charge in [0.25, 0.3) is 0 Å². The lowest BCUT2D eigenvalue weighted by Gasteiger charge is -2.09. The van der Waals surface area contributed by atoms with Gasteiger partial charge in [-0.1, -0.05) is 23.6 Å². The molecule has 2 aromatic rings. The van der Waals surface area contributed by atoms with Crippen molar-refractivity contribution >= 4 is 22.5 Å². The summed E-state index contributed by atoms with van der Waals surface area (Å²) in [6.45, 7) is 2.26. The van der Waals surface area contributed by atoms with Gasteiger partial charge in [0.2, 0.25) is 0 Å². The lowest BCUT2D eigenvalue weighted by atomic mass is 10.2. The zero-order valence-electron chi connectivity index (χ0n) is 9.14. The Bertz CT molecular complexity index is 601. The fourth-order valence-corrected chi connectivity index (χ4v) is 2.07. The van der Waals surface area contributed by atoms with Gasteiger partial charge >= 0.3 is 0 Å². The van der Waals surface area contributed by atoms with Crippen molar-refractivity contribution in [3.63, 3.8) is 0 Å². The molecule has 0 bridgehead atoms. The molecule has 0 aliphatic rings. The first kappa shape index (κ1) is 11.8. The molecule has 0 aliphatic heterocycles. The number of fused-ring (bicyclic) bond motifs is 1. The van der Waals surface area contributed by atoms with Crippen molar-refractivity contribution in [3.8, 4) is 0 Å². The van der Waals surface area contributed by atoms with Crippen LogP contribution in [-0.2, 0) is 6.54 Å². The van der Waals surface area contributed by atoms with E-state index in [4.69, 9.17) is 17.1 Å². The zero-order valence-corrected chi connectivity index (χ0v) is 9.89. The van der Waals surface area contributed by atoms with Gasteiger partial charge in [-0.25, -0.2) is 4.39 Å². The minimum Gasteiger partial charge on any atom is -0.346 e. The number of benzene rings is 1. The summed E-state index contributed by atoms with van der Waals surface area (Å²) >= 11 is 5.93. The van der Waals surface area contributed by atoms with Crippen LogP contribution in [0.5, 0.6) is 0 Å². The molecule has 0 fully saturated rings. The van der Waals surface area contributed by atoms with Crippen molar-refractivity contribution in [2.24, 2.45) is 5.11 Å². The minimum absolute atomic E-state index is 0.0978. The molecule has 0 saturated heterocycles. The number of hydrogen-bond acceptors (Lipinski definition) is 1. The van der Waals surface area contributed by atoms with E-state index < -0.39 is 5.82 Å². The molecule has 1 atom stereocenters. The third kappa shape index (κ3) is 2.20. The standard InChI is InChI=1S/C11H10ClFN4/c1-7(15-16-14)6-17-5-4-8-2-3-9(13)10(12)11(8)17/h2-5,7H,6H2,1H3. The highest BCUT2D eigenvalue weighted by molar-refractivity contribution is 6.35. The van der Waals surface area contributed by atoms with E-state index >= 15 is 0 Å². The van der Waals surface area contributed by atoms with Crippen LogP contribution in [0.4, 0.5) is 4.39 Å². The normalized spacial score (nSPS) is 12.4. The van der Waals surface area contributed by atoms with E-state index in [0.717, 1.165) is 5.39 Å². The molecule has 4 nitrogen and oxygen atoms in total. The molecule has 1 heterocycles. The number of halogens is 2. The molecule has 1 aromatic heterocycles. The molecule has 1 unspecified atom stereocenters. The van der Waals surface area contributed by atoms with Crippen LogP contribution < -0.4 is 0 Å². The van der Waals surface area contributed by atoms with E-state index in [0.29, 0.717) is 12.1 Å². The predicted molar refractivity (Wildman–Crippen MR) is 65.5 cm³/mol. The molecule has 0 N–H and O–H groups in total.